The molecule has 7 nitrogen and oxygen atoms in total. The van der Waals surface area contributed by atoms with Crippen LogP contribution >= 0.6 is 24.2 Å². The Hall–Kier alpha value is -2.45. The van der Waals surface area contributed by atoms with Gasteiger partial charge in [0.25, 0.3) is 5.91 Å². The second kappa shape index (κ2) is 8.96. The van der Waals surface area contributed by atoms with E-state index < -0.39 is 0 Å². The molecule has 0 saturated carbocycles. The summed E-state index contributed by atoms with van der Waals surface area (Å²) >= 11 is 1.70. The van der Waals surface area contributed by atoms with E-state index in [1.54, 1.807) is 24.2 Å². The molecule has 1 aromatic heterocycles. The minimum absolute atomic E-state index is 0. The van der Waals surface area contributed by atoms with Crippen molar-refractivity contribution in [2.75, 3.05) is 31.9 Å². The van der Waals surface area contributed by atoms with Gasteiger partial charge in [0.1, 0.15) is 5.69 Å². The molecule has 0 N–H and O–H groups in total. The largest absolute Gasteiger partial charge is 0.346 e. The number of halogens is 1. The van der Waals surface area contributed by atoms with Crippen molar-refractivity contribution in [3.63, 3.8) is 0 Å². The van der Waals surface area contributed by atoms with Gasteiger partial charge >= 0.3 is 0 Å². The molecule has 1 fully saturated rings. The van der Waals surface area contributed by atoms with Crippen molar-refractivity contribution in [3.8, 4) is 0 Å². The van der Waals surface area contributed by atoms with Gasteiger partial charge in [-0.1, -0.05) is 42.1 Å². The van der Waals surface area contributed by atoms with Crippen LogP contribution in [0.25, 0.3) is 0 Å². The molecule has 0 spiro atoms. The summed E-state index contributed by atoms with van der Waals surface area (Å²) < 4.78 is 0. The Balaban J connectivity index is 0.00000210. The van der Waals surface area contributed by atoms with Crippen LogP contribution in [-0.4, -0.2) is 68.5 Å². The number of rotatable bonds is 2. The summed E-state index contributed by atoms with van der Waals surface area (Å²) in [5.74, 6) is 0.738. The molecular formula is C18H19ClN6OS. The molecule has 27 heavy (non-hydrogen) atoms. The van der Waals surface area contributed by atoms with E-state index in [1.165, 1.54) is 6.20 Å². The zero-order valence-electron chi connectivity index (χ0n) is 14.6. The molecule has 2 aromatic rings. The van der Waals surface area contributed by atoms with Gasteiger partial charge in [-0.2, -0.15) is 5.10 Å². The number of carbonyl (C=O) groups excluding carboxylic acids is 1. The van der Waals surface area contributed by atoms with Gasteiger partial charge in [0.05, 0.1) is 11.9 Å². The van der Waals surface area contributed by atoms with E-state index in [0.29, 0.717) is 18.8 Å². The van der Waals surface area contributed by atoms with Crippen LogP contribution in [0.4, 0.5) is 0 Å². The molecule has 0 atom stereocenters. The van der Waals surface area contributed by atoms with Crippen molar-refractivity contribution in [1.82, 2.24) is 19.8 Å². The first-order valence-electron chi connectivity index (χ1n) is 8.44. The number of thioether (sulfide) groups is 1. The zero-order valence-corrected chi connectivity index (χ0v) is 16.2. The van der Waals surface area contributed by atoms with Crippen molar-refractivity contribution >= 4 is 41.0 Å². The fraction of sp³-hybridized carbons (Fsp3) is 0.278. The van der Waals surface area contributed by atoms with Crippen molar-refractivity contribution in [1.29, 1.82) is 0 Å². The van der Waals surface area contributed by atoms with E-state index in [1.807, 2.05) is 23.1 Å². The Bertz CT molecular complexity index is 837. The lowest BCUT2D eigenvalue weighted by molar-refractivity contribution is 0.0687. The third-order valence-corrected chi connectivity index (χ3v) is 5.34. The number of amidine groups is 1. The standard InChI is InChI=1S/C18H18N6OS.ClH/c25-17(15-12-19-6-7-20-15)23-8-10-24(11-9-23)18-22-21-16(13-26-18)14-4-2-1-3-5-14;/h1-7,12H,8-11,13H2;1H. The predicted octanol–water partition coefficient (Wildman–Crippen LogP) is 2.16. The molecule has 9 heteroatoms. The van der Waals surface area contributed by atoms with Gasteiger partial charge < -0.3 is 9.80 Å². The Labute approximate surface area is 168 Å². The number of amides is 1. The average molecular weight is 403 g/mol. The number of piperazine rings is 1. The van der Waals surface area contributed by atoms with Gasteiger partial charge in [-0.15, -0.1) is 17.5 Å². The molecule has 0 bridgehead atoms. The summed E-state index contributed by atoms with van der Waals surface area (Å²) in [5.41, 5.74) is 2.50. The maximum absolute atomic E-state index is 12.4. The van der Waals surface area contributed by atoms with Crippen molar-refractivity contribution in [2.24, 2.45) is 10.2 Å². The molecule has 1 saturated heterocycles. The highest BCUT2D eigenvalue weighted by Crippen LogP contribution is 2.19. The maximum atomic E-state index is 12.4. The lowest BCUT2D eigenvalue weighted by atomic mass is 10.1. The van der Waals surface area contributed by atoms with Crippen LogP contribution < -0.4 is 0 Å². The maximum Gasteiger partial charge on any atom is 0.274 e. The summed E-state index contributed by atoms with van der Waals surface area (Å²) in [4.78, 5) is 24.5. The topological polar surface area (TPSA) is 74.1 Å². The molecular weight excluding hydrogens is 384 g/mol. The van der Waals surface area contributed by atoms with Gasteiger partial charge in [-0.25, -0.2) is 4.98 Å². The first-order chi connectivity index (χ1) is 12.8. The van der Waals surface area contributed by atoms with Crippen molar-refractivity contribution in [2.45, 2.75) is 0 Å². The Morgan fingerprint density at radius 2 is 1.78 bits per heavy atom. The molecule has 1 aromatic carbocycles. The molecule has 140 valence electrons. The minimum Gasteiger partial charge on any atom is -0.346 e. The number of aromatic nitrogens is 2. The monoisotopic (exact) mass is 402 g/mol. The Kier molecular flexibility index (Phi) is 6.41. The molecule has 2 aliphatic rings. The molecule has 0 unspecified atom stereocenters. The lowest BCUT2D eigenvalue weighted by Crippen LogP contribution is -2.50. The zero-order chi connectivity index (χ0) is 17.8. The number of hydrogen-bond acceptors (Lipinski definition) is 7. The van der Waals surface area contributed by atoms with Crippen LogP contribution in [0.1, 0.15) is 16.1 Å². The van der Waals surface area contributed by atoms with Crippen LogP contribution in [-0.2, 0) is 0 Å². The normalized spacial score (nSPS) is 16.9. The summed E-state index contributed by atoms with van der Waals surface area (Å²) in [6, 6.07) is 10.1. The van der Waals surface area contributed by atoms with Crippen LogP contribution in [0.5, 0.6) is 0 Å². The van der Waals surface area contributed by atoms with E-state index in [9.17, 15) is 4.79 Å². The third-order valence-electron chi connectivity index (χ3n) is 4.32. The van der Waals surface area contributed by atoms with Crippen molar-refractivity contribution < 1.29 is 4.79 Å². The van der Waals surface area contributed by atoms with E-state index in [4.69, 9.17) is 0 Å². The first-order valence-corrected chi connectivity index (χ1v) is 9.43. The van der Waals surface area contributed by atoms with Crippen LogP contribution in [0.2, 0.25) is 0 Å². The van der Waals surface area contributed by atoms with Crippen LogP contribution in [0.3, 0.4) is 0 Å². The molecule has 2 aliphatic heterocycles. The van der Waals surface area contributed by atoms with E-state index >= 15 is 0 Å². The number of carbonyl (C=O) groups is 1. The Morgan fingerprint density at radius 1 is 1.00 bits per heavy atom. The fourth-order valence-electron chi connectivity index (χ4n) is 2.89. The molecule has 0 radical (unpaired) electrons. The van der Waals surface area contributed by atoms with Gasteiger partial charge in [-0.3, -0.25) is 9.78 Å². The minimum atomic E-state index is -0.0691. The number of hydrogen-bond donors (Lipinski definition) is 0. The highest BCUT2D eigenvalue weighted by atomic mass is 35.5. The Morgan fingerprint density at radius 3 is 2.41 bits per heavy atom. The van der Waals surface area contributed by atoms with Crippen LogP contribution in [0, 0.1) is 0 Å². The van der Waals surface area contributed by atoms with Gasteiger partial charge in [0.15, 0.2) is 5.17 Å². The lowest BCUT2D eigenvalue weighted by Gasteiger charge is -2.36. The second-order valence-electron chi connectivity index (χ2n) is 5.95. The molecule has 3 heterocycles. The van der Waals surface area contributed by atoms with Crippen LogP contribution in [0.15, 0.2) is 59.1 Å². The van der Waals surface area contributed by atoms with Gasteiger partial charge in [-0.05, 0) is 5.56 Å². The van der Waals surface area contributed by atoms with Gasteiger partial charge in [0, 0.05) is 44.3 Å². The third kappa shape index (κ3) is 4.45. The summed E-state index contributed by atoms with van der Waals surface area (Å²) in [7, 11) is 0. The number of nitrogens with zero attached hydrogens (tertiary/aromatic N) is 6. The van der Waals surface area contributed by atoms with Crippen molar-refractivity contribution in [3.05, 3.63) is 60.2 Å². The second-order valence-corrected chi connectivity index (χ2v) is 6.90. The SMILES string of the molecule is Cl.O=C(c1cnccn1)N1CCN(C2=NN=C(c3ccccc3)CS2)CC1. The summed E-state index contributed by atoms with van der Waals surface area (Å²) in [6.45, 7) is 2.77. The number of benzene rings is 1. The van der Waals surface area contributed by atoms with E-state index in [-0.39, 0.29) is 18.3 Å². The smallest absolute Gasteiger partial charge is 0.274 e. The molecule has 0 aliphatic carbocycles. The highest BCUT2D eigenvalue weighted by Gasteiger charge is 2.26. The predicted molar refractivity (Wildman–Crippen MR) is 110 cm³/mol. The van der Waals surface area contributed by atoms with Gasteiger partial charge in [0.2, 0.25) is 0 Å². The quantitative estimate of drug-likeness (QED) is 0.769. The highest BCUT2D eigenvalue weighted by molar-refractivity contribution is 8.14. The van der Waals surface area contributed by atoms with E-state index in [2.05, 4.69) is 37.2 Å². The average Bonchev–Trinajstić information content (AvgIpc) is 2.75. The summed E-state index contributed by atoms with van der Waals surface area (Å²) in [5, 5.41) is 9.74. The first kappa shape index (κ1) is 19.3. The van der Waals surface area contributed by atoms with E-state index in [0.717, 1.165) is 35.3 Å². The fourth-order valence-corrected chi connectivity index (χ4v) is 3.85. The molecule has 1 amide bonds. The molecule has 4 rings (SSSR count). The summed E-state index contributed by atoms with van der Waals surface area (Å²) in [6.07, 6.45) is 4.62.